The average Bonchev–Trinajstić information content (AvgIpc) is 2.88. The van der Waals surface area contributed by atoms with E-state index in [9.17, 15) is 0 Å². The highest BCUT2D eigenvalue weighted by atomic mass is 32.1. The molecule has 4 rings (SSSR count). The van der Waals surface area contributed by atoms with Gasteiger partial charge in [0, 0.05) is 11.4 Å². The minimum atomic E-state index is 0.535. The van der Waals surface area contributed by atoms with Gasteiger partial charge in [-0.05, 0) is 74.6 Å². The molecule has 4 nitrogen and oxygen atoms in total. The molecule has 189 valence electrons. The molecule has 2 saturated carbocycles. The van der Waals surface area contributed by atoms with E-state index in [1.54, 1.807) is 0 Å². The fourth-order valence-corrected chi connectivity index (χ4v) is 5.17. The van der Waals surface area contributed by atoms with Crippen molar-refractivity contribution in [2.24, 2.45) is 0 Å². The first-order valence-electron chi connectivity index (χ1n) is 13.5. The topological polar surface area (TPSA) is 42.5 Å². The van der Waals surface area contributed by atoms with Gasteiger partial charge in [-0.15, -0.1) is 0 Å². The molecular weight excluding hydrogens is 451 g/mol. The largest absolute Gasteiger partial charge is 0.494 e. The molecule has 2 aliphatic rings. The van der Waals surface area contributed by atoms with Crippen molar-refractivity contribution in [1.29, 1.82) is 0 Å². The molecule has 0 aromatic heterocycles. The van der Waals surface area contributed by atoms with Crippen molar-refractivity contribution >= 4 is 36.0 Å². The van der Waals surface area contributed by atoms with Gasteiger partial charge in [-0.3, -0.25) is 0 Å². The van der Waals surface area contributed by atoms with E-state index < -0.39 is 0 Å². The zero-order valence-electron chi connectivity index (χ0n) is 21.6. The van der Waals surface area contributed by atoms with E-state index in [0.717, 1.165) is 34.5 Å². The lowest BCUT2D eigenvalue weighted by atomic mass is 9.48. The van der Waals surface area contributed by atoms with Crippen LogP contribution < -0.4 is 20.1 Å². The molecule has 2 N–H and O–H groups in total. The number of thiocarbonyl (C=S) groups is 1. The smallest absolute Gasteiger partial charge is 0.175 e. The predicted molar refractivity (Wildman–Crippen MR) is 154 cm³/mol. The number of hydrogen-bond acceptors (Lipinski definition) is 3. The van der Waals surface area contributed by atoms with Gasteiger partial charge in [0.1, 0.15) is 18.8 Å². The van der Waals surface area contributed by atoms with Crippen molar-refractivity contribution in [1.82, 2.24) is 0 Å². The lowest BCUT2D eigenvalue weighted by Gasteiger charge is -2.27. The van der Waals surface area contributed by atoms with Crippen LogP contribution in [0.2, 0.25) is 11.6 Å². The summed E-state index contributed by atoms with van der Waals surface area (Å²) in [4.78, 5) is 0. The summed E-state index contributed by atoms with van der Waals surface area (Å²) in [6.45, 7) is 5.24. The zero-order chi connectivity index (χ0) is 24.7. The molecule has 0 spiro atoms. The van der Waals surface area contributed by atoms with Crippen LogP contribution in [0.1, 0.15) is 78.1 Å². The molecule has 6 heteroatoms. The normalized spacial score (nSPS) is 16.4. The predicted octanol–water partition coefficient (Wildman–Crippen LogP) is 8.49. The van der Waals surface area contributed by atoms with Crippen molar-refractivity contribution in [2.45, 2.75) is 89.7 Å². The number of hydrogen-bond donors (Lipinski definition) is 2. The highest BCUT2D eigenvalue weighted by Gasteiger charge is 2.21. The van der Waals surface area contributed by atoms with Crippen LogP contribution >= 0.6 is 12.2 Å². The molecule has 35 heavy (non-hydrogen) atoms. The van der Waals surface area contributed by atoms with Gasteiger partial charge < -0.3 is 20.1 Å². The molecule has 0 bridgehead atoms. The van der Waals surface area contributed by atoms with Crippen molar-refractivity contribution in [3.63, 3.8) is 0 Å². The molecule has 0 unspecified atom stereocenters. The third-order valence-electron chi connectivity index (χ3n) is 6.69. The van der Waals surface area contributed by atoms with E-state index in [2.05, 4.69) is 17.9 Å². The van der Waals surface area contributed by atoms with Gasteiger partial charge in [0.25, 0.3) is 0 Å². The second-order valence-corrected chi connectivity index (χ2v) is 9.89. The summed E-state index contributed by atoms with van der Waals surface area (Å²) >= 11 is 5.30. The quantitative estimate of drug-likeness (QED) is 0.285. The Kier molecular flexibility index (Phi) is 12.3. The Morgan fingerprint density at radius 2 is 1.06 bits per heavy atom. The maximum Gasteiger partial charge on any atom is 0.175 e. The van der Waals surface area contributed by atoms with Crippen LogP contribution in [0.4, 0.5) is 11.4 Å². The van der Waals surface area contributed by atoms with Crippen molar-refractivity contribution in [2.75, 3.05) is 23.8 Å². The number of anilines is 2. The van der Waals surface area contributed by atoms with E-state index in [4.69, 9.17) is 21.7 Å². The first-order valence-corrected chi connectivity index (χ1v) is 14.0. The summed E-state index contributed by atoms with van der Waals surface area (Å²) in [5.74, 6) is 3.69. The van der Waals surface area contributed by atoms with Crippen molar-refractivity contribution in [3.05, 3.63) is 48.5 Å². The van der Waals surface area contributed by atoms with Crippen LogP contribution in [-0.2, 0) is 0 Å². The Balaban J connectivity index is 0.000000223. The Labute approximate surface area is 218 Å². The van der Waals surface area contributed by atoms with E-state index in [1.807, 2.05) is 62.4 Å². The summed E-state index contributed by atoms with van der Waals surface area (Å²) in [5, 5.41) is 6.80. The second-order valence-electron chi connectivity index (χ2n) is 9.48. The summed E-state index contributed by atoms with van der Waals surface area (Å²) < 4.78 is 10.8. The highest BCUT2D eigenvalue weighted by molar-refractivity contribution is 7.80. The zero-order valence-corrected chi connectivity index (χ0v) is 22.4. The highest BCUT2D eigenvalue weighted by Crippen LogP contribution is 2.36. The number of nitrogens with one attached hydrogen (secondary N) is 2. The Bertz CT molecular complexity index is 778. The second kappa shape index (κ2) is 15.7. The van der Waals surface area contributed by atoms with E-state index >= 15 is 0 Å². The fraction of sp³-hybridized carbons (Fsp3) is 0.552. The van der Waals surface area contributed by atoms with Crippen LogP contribution in [0.25, 0.3) is 0 Å². The first-order chi connectivity index (χ1) is 17.2. The van der Waals surface area contributed by atoms with Gasteiger partial charge in [0.15, 0.2) is 5.11 Å². The molecule has 0 aliphatic heterocycles. The van der Waals surface area contributed by atoms with Crippen LogP contribution in [0, 0.1) is 0 Å². The molecule has 0 heterocycles. The minimum absolute atomic E-state index is 0.535. The maximum atomic E-state index is 5.40. The minimum Gasteiger partial charge on any atom is -0.494 e. The molecule has 0 atom stereocenters. The van der Waals surface area contributed by atoms with Gasteiger partial charge in [0.2, 0.25) is 0 Å². The van der Waals surface area contributed by atoms with Crippen LogP contribution in [0.3, 0.4) is 0 Å². The monoisotopic (exact) mass is 493 g/mol. The molecule has 0 saturated heterocycles. The molecule has 0 amide bonds. The van der Waals surface area contributed by atoms with Gasteiger partial charge >= 0.3 is 0 Å². The van der Waals surface area contributed by atoms with Crippen molar-refractivity contribution < 1.29 is 9.47 Å². The van der Waals surface area contributed by atoms with Gasteiger partial charge in [0.05, 0.1) is 13.2 Å². The number of benzene rings is 2. The lowest BCUT2D eigenvalue weighted by molar-refractivity contribution is 0.340. The Morgan fingerprint density at radius 3 is 1.40 bits per heavy atom. The van der Waals surface area contributed by atoms with Gasteiger partial charge in [-0.25, -0.2) is 0 Å². The lowest BCUT2D eigenvalue weighted by Crippen LogP contribution is -2.18. The van der Waals surface area contributed by atoms with E-state index in [1.165, 1.54) is 64.2 Å². The third kappa shape index (κ3) is 10.5. The van der Waals surface area contributed by atoms with E-state index in [0.29, 0.717) is 18.3 Å². The molecule has 2 aliphatic carbocycles. The number of rotatable bonds is 8. The fourth-order valence-electron chi connectivity index (χ4n) is 4.93. The molecule has 2 fully saturated rings. The summed E-state index contributed by atoms with van der Waals surface area (Å²) in [6, 6.07) is 15.3. The van der Waals surface area contributed by atoms with Crippen LogP contribution in [-0.4, -0.2) is 25.6 Å². The molecular formula is C29H42BN2O2S. The van der Waals surface area contributed by atoms with Crippen molar-refractivity contribution in [3.8, 4) is 11.5 Å². The Morgan fingerprint density at radius 1 is 0.686 bits per heavy atom. The Hall–Kier alpha value is -2.21. The third-order valence-corrected chi connectivity index (χ3v) is 6.89. The maximum absolute atomic E-state index is 5.40. The summed E-state index contributed by atoms with van der Waals surface area (Å²) in [7, 11) is 2.72. The first kappa shape index (κ1) is 27.4. The SMILES string of the molecule is CCOc1ccc(NC(=S)Nc2ccc(OCC)cc2)cc1.[B](C1CCCCC1)C1CCCCC1. The molecule has 2 aromatic rings. The summed E-state index contributed by atoms with van der Waals surface area (Å²) in [5.41, 5.74) is 1.82. The summed E-state index contributed by atoms with van der Waals surface area (Å²) in [6.07, 6.45) is 15.0. The van der Waals surface area contributed by atoms with E-state index in [-0.39, 0.29) is 0 Å². The van der Waals surface area contributed by atoms with Gasteiger partial charge in [-0.1, -0.05) is 75.8 Å². The number of ether oxygens (including phenoxy) is 2. The molecule has 1 radical (unpaired) electrons. The molecule has 2 aromatic carbocycles. The van der Waals surface area contributed by atoms with Gasteiger partial charge in [-0.2, -0.15) is 0 Å². The van der Waals surface area contributed by atoms with Crippen LogP contribution in [0.5, 0.6) is 11.5 Å². The standard InChI is InChI=1S/C17H20N2O2S.C12H22B/c1-3-20-15-9-5-13(6-10-15)18-17(22)19-14-7-11-16(12-8-14)21-4-2;1-3-7-11(8-4-1)13-12-9-5-2-6-10-12/h5-12H,3-4H2,1-2H3,(H2,18,19,22);11-12H,1-10H2. The average molecular weight is 494 g/mol. The van der Waals surface area contributed by atoms with Crippen LogP contribution in [0.15, 0.2) is 48.5 Å².